The number of alkyl halides is 3. The summed E-state index contributed by atoms with van der Waals surface area (Å²) in [6.07, 6.45) is 4.00. The molecule has 0 atom stereocenters. The van der Waals surface area contributed by atoms with E-state index in [9.17, 15) is 18.0 Å². The molecule has 1 fully saturated rings. The van der Waals surface area contributed by atoms with Crippen LogP contribution in [0, 0.1) is 6.92 Å². The fourth-order valence-electron chi connectivity index (χ4n) is 4.31. The van der Waals surface area contributed by atoms with Gasteiger partial charge in [-0.15, -0.1) is 0 Å². The van der Waals surface area contributed by atoms with E-state index in [1.165, 1.54) is 11.3 Å². The number of benzene rings is 2. The maximum atomic E-state index is 13.6. The lowest BCUT2D eigenvalue weighted by atomic mass is 10.1. The number of carbonyl (C=O) groups is 1. The van der Waals surface area contributed by atoms with Crippen molar-refractivity contribution in [3.05, 3.63) is 89.1 Å². The number of allylic oxidation sites excluding steroid dienone is 1. The monoisotopic (exact) mass is 510 g/mol. The second kappa shape index (κ2) is 11.1. The molecule has 4 rings (SSSR count). The third-order valence-electron chi connectivity index (χ3n) is 6.28. The average Bonchev–Trinajstić information content (AvgIpc) is 3.37. The Labute approximate surface area is 213 Å². The van der Waals surface area contributed by atoms with Crippen LogP contribution in [-0.2, 0) is 12.7 Å². The summed E-state index contributed by atoms with van der Waals surface area (Å²) < 4.78 is 40.7. The first kappa shape index (κ1) is 26.3. The van der Waals surface area contributed by atoms with E-state index in [1.807, 2.05) is 13.8 Å². The van der Waals surface area contributed by atoms with Gasteiger partial charge in [0, 0.05) is 42.0 Å². The van der Waals surface area contributed by atoms with Gasteiger partial charge in [0.1, 0.15) is 6.33 Å². The Hall–Kier alpha value is -3.76. The van der Waals surface area contributed by atoms with Crippen molar-refractivity contribution in [3.8, 4) is 0 Å². The van der Waals surface area contributed by atoms with Crippen LogP contribution in [0.3, 0.4) is 0 Å². The van der Waals surface area contributed by atoms with Crippen molar-refractivity contribution in [3.63, 3.8) is 0 Å². The summed E-state index contributed by atoms with van der Waals surface area (Å²) in [4.78, 5) is 23.2. The minimum atomic E-state index is -4.52. The molecule has 0 unspecified atom stereocenters. The van der Waals surface area contributed by atoms with Gasteiger partial charge < -0.3 is 5.32 Å². The standard InChI is InChI=1S/C27H29F3N6O/c1-18-5-6-21(11-25(18)36(31)15-19(2)22-13-32-17-33-14-22)26(37)34-24-10-20(16-35-7-3-4-8-35)9-23(12-24)27(28,29)30/h5-6,9-15,17H,3-4,7-8,16,31H2,1-2H3,(H,34,37)/b19-15+. The van der Waals surface area contributed by atoms with Crippen molar-refractivity contribution in [1.82, 2.24) is 14.9 Å². The fourth-order valence-corrected chi connectivity index (χ4v) is 4.31. The molecule has 3 N–H and O–H groups in total. The summed E-state index contributed by atoms with van der Waals surface area (Å²) in [5.74, 6) is 5.75. The van der Waals surface area contributed by atoms with Gasteiger partial charge in [0.2, 0.25) is 0 Å². The molecule has 0 saturated carbocycles. The molecule has 0 aliphatic carbocycles. The number of halogens is 3. The Morgan fingerprint density at radius 1 is 1.11 bits per heavy atom. The Kier molecular flexibility index (Phi) is 7.89. The van der Waals surface area contributed by atoms with E-state index in [2.05, 4.69) is 20.2 Å². The minimum Gasteiger partial charge on any atom is -0.322 e. The molecular formula is C27H29F3N6O. The largest absolute Gasteiger partial charge is 0.416 e. The van der Waals surface area contributed by atoms with Crippen molar-refractivity contribution < 1.29 is 18.0 Å². The van der Waals surface area contributed by atoms with Gasteiger partial charge in [0.25, 0.3) is 5.91 Å². The van der Waals surface area contributed by atoms with Crippen LogP contribution in [0.5, 0.6) is 0 Å². The predicted molar refractivity (Wildman–Crippen MR) is 137 cm³/mol. The third-order valence-corrected chi connectivity index (χ3v) is 6.28. The molecule has 0 radical (unpaired) electrons. The molecule has 0 bridgehead atoms. The number of hydrogen-bond acceptors (Lipinski definition) is 6. The number of nitrogens with two attached hydrogens (primary N) is 1. The molecule has 1 amide bonds. The Morgan fingerprint density at radius 3 is 2.49 bits per heavy atom. The van der Waals surface area contributed by atoms with E-state index in [4.69, 9.17) is 5.84 Å². The number of aromatic nitrogens is 2. The van der Waals surface area contributed by atoms with E-state index in [0.29, 0.717) is 17.8 Å². The zero-order chi connectivity index (χ0) is 26.6. The van der Waals surface area contributed by atoms with Crippen molar-refractivity contribution >= 4 is 22.9 Å². The lowest BCUT2D eigenvalue weighted by Crippen LogP contribution is -2.26. The number of hydrazine groups is 1. The number of aryl methyl sites for hydroxylation is 1. The zero-order valence-corrected chi connectivity index (χ0v) is 20.7. The van der Waals surface area contributed by atoms with E-state index < -0.39 is 17.6 Å². The Bertz CT molecular complexity index is 1290. The van der Waals surface area contributed by atoms with Crippen LogP contribution in [0.15, 0.2) is 61.3 Å². The molecule has 194 valence electrons. The molecule has 0 spiro atoms. The number of likely N-dealkylation sites (tertiary alicyclic amines) is 1. The highest BCUT2D eigenvalue weighted by Crippen LogP contribution is 2.33. The number of nitrogens with one attached hydrogen (secondary N) is 1. The first-order valence-electron chi connectivity index (χ1n) is 11.9. The molecule has 1 aliphatic rings. The number of amides is 1. The number of anilines is 2. The van der Waals surface area contributed by atoms with E-state index in [0.717, 1.165) is 54.8 Å². The van der Waals surface area contributed by atoms with Gasteiger partial charge in [-0.05, 0) is 86.8 Å². The van der Waals surface area contributed by atoms with Crippen LogP contribution in [0.2, 0.25) is 0 Å². The SMILES string of the molecule is C/C(=C\N(N)c1cc(C(=O)Nc2cc(CN3CCCC3)cc(C(F)(F)F)c2)ccc1C)c1cncnc1. The van der Waals surface area contributed by atoms with Gasteiger partial charge >= 0.3 is 6.18 Å². The molecular weight excluding hydrogens is 481 g/mol. The van der Waals surface area contributed by atoms with Gasteiger partial charge in [-0.1, -0.05) is 6.07 Å². The average molecular weight is 511 g/mol. The second-order valence-corrected chi connectivity index (χ2v) is 9.20. The molecule has 1 saturated heterocycles. The van der Waals surface area contributed by atoms with Gasteiger partial charge in [-0.2, -0.15) is 13.2 Å². The summed E-state index contributed by atoms with van der Waals surface area (Å²) in [5, 5.41) is 4.04. The van der Waals surface area contributed by atoms with Crippen LogP contribution < -0.4 is 16.2 Å². The van der Waals surface area contributed by atoms with Gasteiger partial charge in [0.05, 0.1) is 11.3 Å². The first-order valence-corrected chi connectivity index (χ1v) is 11.9. The summed E-state index contributed by atoms with van der Waals surface area (Å²) in [5.41, 5.74) is 3.08. The molecule has 2 heterocycles. The topological polar surface area (TPSA) is 87.4 Å². The summed E-state index contributed by atoms with van der Waals surface area (Å²) in [6, 6.07) is 8.67. The van der Waals surface area contributed by atoms with E-state index in [1.54, 1.807) is 42.9 Å². The first-order chi connectivity index (χ1) is 17.6. The van der Waals surface area contributed by atoms with E-state index >= 15 is 0 Å². The molecule has 7 nitrogen and oxygen atoms in total. The van der Waals surface area contributed by atoms with Gasteiger partial charge in [-0.3, -0.25) is 14.7 Å². The van der Waals surface area contributed by atoms with Crippen molar-refractivity contribution in [2.24, 2.45) is 5.84 Å². The Balaban J connectivity index is 1.57. The summed E-state index contributed by atoms with van der Waals surface area (Å²) in [6.45, 7) is 5.82. The predicted octanol–water partition coefficient (Wildman–Crippen LogP) is 5.39. The van der Waals surface area contributed by atoms with Crippen molar-refractivity contribution in [2.45, 2.75) is 39.4 Å². The highest BCUT2D eigenvalue weighted by Gasteiger charge is 2.31. The lowest BCUT2D eigenvalue weighted by Gasteiger charge is -2.19. The van der Waals surface area contributed by atoms with Gasteiger partial charge in [-0.25, -0.2) is 15.8 Å². The molecule has 37 heavy (non-hydrogen) atoms. The number of nitrogens with zero attached hydrogens (tertiary/aromatic N) is 4. The van der Waals surface area contributed by atoms with Crippen LogP contribution in [0.1, 0.15) is 52.4 Å². The molecule has 2 aromatic carbocycles. The maximum Gasteiger partial charge on any atom is 0.416 e. The smallest absolute Gasteiger partial charge is 0.322 e. The van der Waals surface area contributed by atoms with Crippen LogP contribution in [0.4, 0.5) is 24.5 Å². The fraction of sp³-hybridized carbons (Fsp3) is 0.296. The Morgan fingerprint density at radius 2 is 1.81 bits per heavy atom. The van der Waals surface area contributed by atoms with E-state index in [-0.39, 0.29) is 11.3 Å². The summed E-state index contributed by atoms with van der Waals surface area (Å²) >= 11 is 0. The molecule has 3 aromatic rings. The van der Waals surface area contributed by atoms with Crippen LogP contribution in [0.25, 0.3) is 5.57 Å². The number of carbonyl (C=O) groups excluding carboxylic acids is 1. The molecule has 1 aliphatic heterocycles. The second-order valence-electron chi connectivity index (χ2n) is 9.20. The number of rotatable bonds is 7. The maximum absolute atomic E-state index is 13.6. The van der Waals surface area contributed by atoms with Crippen molar-refractivity contribution in [2.75, 3.05) is 23.4 Å². The summed E-state index contributed by atoms with van der Waals surface area (Å²) in [7, 11) is 0. The van der Waals surface area contributed by atoms with Crippen LogP contribution in [-0.4, -0.2) is 33.9 Å². The highest BCUT2D eigenvalue weighted by atomic mass is 19.4. The zero-order valence-electron chi connectivity index (χ0n) is 20.7. The molecule has 10 heteroatoms. The van der Waals surface area contributed by atoms with Crippen LogP contribution >= 0.6 is 0 Å². The highest BCUT2D eigenvalue weighted by molar-refractivity contribution is 6.05. The quantitative estimate of drug-likeness (QED) is 0.327. The third kappa shape index (κ3) is 6.72. The minimum absolute atomic E-state index is 0.0977. The lowest BCUT2D eigenvalue weighted by molar-refractivity contribution is -0.137. The van der Waals surface area contributed by atoms with Crippen molar-refractivity contribution in [1.29, 1.82) is 0 Å². The van der Waals surface area contributed by atoms with Gasteiger partial charge in [0.15, 0.2) is 0 Å². The number of hydrogen-bond donors (Lipinski definition) is 2. The molecule has 1 aromatic heterocycles. The normalized spacial score (nSPS) is 14.6.